The van der Waals surface area contributed by atoms with Crippen LogP contribution in [-0.4, -0.2) is 42.8 Å². The lowest BCUT2D eigenvalue weighted by Gasteiger charge is -2.16. The number of methoxy groups -OCH3 is 2. The quantitative estimate of drug-likeness (QED) is 0.806. The first-order valence-electron chi connectivity index (χ1n) is 5.75. The second-order valence-corrected chi connectivity index (χ2v) is 4.12. The van der Waals surface area contributed by atoms with E-state index in [1.807, 2.05) is 0 Å². The van der Waals surface area contributed by atoms with E-state index in [9.17, 15) is 24.3 Å². The van der Waals surface area contributed by atoms with Crippen LogP contribution in [0.5, 0.6) is 5.75 Å². The molecule has 0 heterocycles. The normalized spacial score (nSPS) is 12.9. The van der Waals surface area contributed by atoms with E-state index in [-0.39, 0.29) is 11.1 Å². The van der Waals surface area contributed by atoms with Gasteiger partial charge in [0.05, 0.1) is 19.8 Å². The first-order valence-corrected chi connectivity index (χ1v) is 5.75. The summed E-state index contributed by atoms with van der Waals surface area (Å²) in [4.78, 5) is 47.2. The summed E-state index contributed by atoms with van der Waals surface area (Å²) in [5.41, 5.74) is -1.38. The largest absolute Gasteiger partial charge is 0.506 e. The molecule has 0 atom stereocenters. The summed E-state index contributed by atoms with van der Waals surface area (Å²) in [7, 11) is 2.12. The molecule has 1 aromatic rings. The number of phenolic OH excluding ortho intramolecular Hbond substituents is 1. The molecule has 0 saturated carbocycles. The lowest BCUT2D eigenvalue weighted by Crippen LogP contribution is -2.20. The molecule has 1 N–H and O–H groups in total. The average Bonchev–Trinajstić information content (AvgIpc) is 2.49. The van der Waals surface area contributed by atoms with Gasteiger partial charge in [-0.05, 0) is 18.2 Å². The van der Waals surface area contributed by atoms with E-state index >= 15 is 0 Å². The van der Waals surface area contributed by atoms with Crippen molar-refractivity contribution >= 4 is 23.5 Å². The molecule has 1 aliphatic rings. The molecule has 0 spiro atoms. The van der Waals surface area contributed by atoms with Crippen molar-refractivity contribution in [2.45, 2.75) is 0 Å². The maximum Gasteiger partial charge on any atom is 0.342 e. The first kappa shape index (κ1) is 14.4. The van der Waals surface area contributed by atoms with Crippen molar-refractivity contribution in [3.05, 3.63) is 40.5 Å². The number of hydrogen-bond acceptors (Lipinski definition) is 7. The summed E-state index contributed by atoms with van der Waals surface area (Å²) < 4.78 is 8.97. The number of rotatable bonds is 2. The number of esters is 2. The molecule has 108 valence electrons. The summed E-state index contributed by atoms with van der Waals surface area (Å²) in [6.07, 6.45) is 2.00. The Balaban J connectivity index is 2.88. The third kappa shape index (κ3) is 2.18. The Morgan fingerprint density at radius 1 is 1.00 bits per heavy atom. The van der Waals surface area contributed by atoms with E-state index in [0.29, 0.717) is 0 Å². The van der Waals surface area contributed by atoms with Gasteiger partial charge in [-0.15, -0.1) is 0 Å². The molecule has 1 aliphatic carbocycles. The zero-order valence-corrected chi connectivity index (χ0v) is 11.1. The van der Waals surface area contributed by atoms with Gasteiger partial charge in [-0.2, -0.15) is 0 Å². The van der Waals surface area contributed by atoms with Crippen LogP contribution in [0.1, 0.15) is 41.4 Å². The molecule has 0 aromatic heterocycles. The van der Waals surface area contributed by atoms with Crippen molar-refractivity contribution in [3.63, 3.8) is 0 Å². The second-order valence-electron chi connectivity index (χ2n) is 4.12. The maximum absolute atomic E-state index is 11.9. The smallest absolute Gasteiger partial charge is 0.342 e. The van der Waals surface area contributed by atoms with Gasteiger partial charge < -0.3 is 14.6 Å². The van der Waals surface area contributed by atoms with Crippen LogP contribution in [0.25, 0.3) is 0 Å². The lowest BCUT2D eigenvalue weighted by molar-refractivity contribution is 0.0589. The SMILES string of the molecule is COC(=O)c1cc2c(c(C(=O)OC)c1O)C(=O)C=CC2=O. The highest BCUT2D eigenvalue weighted by Gasteiger charge is 2.32. The number of ketones is 2. The van der Waals surface area contributed by atoms with Crippen LogP contribution in [0.2, 0.25) is 0 Å². The first-order chi connectivity index (χ1) is 9.92. The number of hydrogen-bond donors (Lipinski definition) is 1. The minimum absolute atomic E-state index is 0.166. The van der Waals surface area contributed by atoms with Gasteiger partial charge in [0, 0.05) is 5.56 Å². The Hall–Kier alpha value is -2.96. The topological polar surface area (TPSA) is 107 Å². The molecule has 7 heteroatoms. The fraction of sp³-hybridized carbons (Fsp3) is 0.143. The predicted molar refractivity (Wildman–Crippen MR) is 68.6 cm³/mol. The van der Waals surface area contributed by atoms with Crippen LogP contribution in [0, 0.1) is 0 Å². The third-order valence-corrected chi connectivity index (χ3v) is 2.99. The molecule has 0 aliphatic heterocycles. The Morgan fingerprint density at radius 2 is 1.57 bits per heavy atom. The molecule has 0 fully saturated rings. The van der Waals surface area contributed by atoms with Crippen molar-refractivity contribution in [2.75, 3.05) is 14.2 Å². The predicted octanol–water partition coefficient (Wildman–Crippen LogP) is 0.901. The van der Waals surface area contributed by atoms with Crippen LogP contribution in [0.4, 0.5) is 0 Å². The van der Waals surface area contributed by atoms with Gasteiger partial charge in [-0.25, -0.2) is 9.59 Å². The highest BCUT2D eigenvalue weighted by atomic mass is 16.5. The van der Waals surface area contributed by atoms with Gasteiger partial charge in [-0.3, -0.25) is 9.59 Å². The van der Waals surface area contributed by atoms with Gasteiger partial charge in [0.2, 0.25) is 0 Å². The minimum Gasteiger partial charge on any atom is -0.506 e. The minimum atomic E-state index is -1.04. The number of ether oxygens (including phenoxy) is 2. The summed E-state index contributed by atoms with van der Waals surface area (Å²) in [5, 5.41) is 10.1. The van der Waals surface area contributed by atoms with Crippen molar-refractivity contribution in [1.82, 2.24) is 0 Å². The zero-order valence-electron chi connectivity index (χ0n) is 11.1. The molecule has 0 amide bonds. The number of fused-ring (bicyclic) bond motifs is 1. The molecule has 2 rings (SSSR count). The van der Waals surface area contributed by atoms with E-state index in [2.05, 4.69) is 9.47 Å². The molecular formula is C14H10O7. The molecule has 0 radical (unpaired) electrons. The number of carbonyl (C=O) groups excluding carboxylic acids is 4. The van der Waals surface area contributed by atoms with Crippen LogP contribution >= 0.6 is 0 Å². The Bertz CT molecular complexity index is 713. The van der Waals surface area contributed by atoms with E-state index in [1.54, 1.807) is 0 Å². The van der Waals surface area contributed by atoms with Crippen molar-refractivity contribution in [3.8, 4) is 5.75 Å². The van der Waals surface area contributed by atoms with Crippen molar-refractivity contribution in [2.24, 2.45) is 0 Å². The van der Waals surface area contributed by atoms with Crippen LogP contribution in [0.15, 0.2) is 18.2 Å². The fourth-order valence-electron chi connectivity index (χ4n) is 2.01. The molecule has 0 bridgehead atoms. The fourth-order valence-corrected chi connectivity index (χ4v) is 2.01. The standard InChI is InChI=1S/C14H10O7/c1-20-13(18)7-5-6-8(15)3-4-9(16)10(6)11(12(7)17)14(19)21-2/h3-5,17H,1-2H3. The summed E-state index contributed by atoms with van der Waals surface area (Å²) in [6.45, 7) is 0. The molecule has 21 heavy (non-hydrogen) atoms. The molecule has 1 aromatic carbocycles. The number of benzene rings is 1. The van der Waals surface area contributed by atoms with E-state index in [4.69, 9.17) is 0 Å². The van der Waals surface area contributed by atoms with Crippen molar-refractivity contribution < 1.29 is 33.8 Å². The number of aromatic hydroxyl groups is 1. The van der Waals surface area contributed by atoms with Crippen LogP contribution in [0.3, 0.4) is 0 Å². The maximum atomic E-state index is 11.9. The number of phenols is 1. The van der Waals surface area contributed by atoms with Gasteiger partial charge in [-0.1, -0.05) is 0 Å². The van der Waals surface area contributed by atoms with Gasteiger partial charge >= 0.3 is 11.9 Å². The van der Waals surface area contributed by atoms with E-state index in [1.165, 1.54) is 0 Å². The lowest BCUT2D eigenvalue weighted by atomic mass is 9.87. The van der Waals surface area contributed by atoms with Crippen LogP contribution < -0.4 is 0 Å². The molecule has 0 unspecified atom stereocenters. The van der Waals surface area contributed by atoms with Gasteiger partial charge in [0.15, 0.2) is 11.6 Å². The highest BCUT2D eigenvalue weighted by Crippen LogP contribution is 2.33. The van der Waals surface area contributed by atoms with E-state index in [0.717, 1.165) is 32.4 Å². The van der Waals surface area contributed by atoms with Gasteiger partial charge in [0.1, 0.15) is 16.9 Å². The summed E-state index contributed by atoms with van der Waals surface area (Å²) in [6, 6.07) is 1.02. The van der Waals surface area contributed by atoms with Gasteiger partial charge in [0.25, 0.3) is 0 Å². The number of allylic oxidation sites excluding steroid dienone is 2. The summed E-state index contributed by atoms with van der Waals surface area (Å²) in [5.74, 6) is -3.96. The third-order valence-electron chi connectivity index (χ3n) is 2.99. The summed E-state index contributed by atoms with van der Waals surface area (Å²) >= 11 is 0. The Labute approximate surface area is 118 Å². The average molecular weight is 290 g/mol. The second kappa shape index (κ2) is 5.20. The Kier molecular flexibility index (Phi) is 3.58. The molecular weight excluding hydrogens is 280 g/mol. The van der Waals surface area contributed by atoms with Crippen LogP contribution in [-0.2, 0) is 9.47 Å². The molecule has 7 nitrogen and oxygen atoms in total. The van der Waals surface area contributed by atoms with E-state index < -0.39 is 40.4 Å². The highest BCUT2D eigenvalue weighted by molar-refractivity contribution is 6.26. The molecule has 0 saturated heterocycles. The van der Waals surface area contributed by atoms with Crippen molar-refractivity contribution in [1.29, 1.82) is 0 Å². The Morgan fingerprint density at radius 3 is 2.14 bits per heavy atom. The monoisotopic (exact) mass is 290 g/mol. The number of carbonyl (C=O) groups is 4. The zero-order chi connectivity index (χ0) is 15.7.